The fourth-order valence-electron chi connectivity index (χ4n) is 1.80. The predicted octanol–water partition coefficient (Wildman–Crippen LogP) is 4.10. The van der Waals surface area contributed by atoms with Gasteiger partial charge in [0.25, 0.3) is 0 Å². The van der Waals surface area contributed by atoms with E-state index in [0.717, 1.165) is 12.8 Å². The topological polar surface area (TPSA) is 26.3 Å². The Bertz CT molecular complexity index is 209. The van der Waals surface area contributed by atoms with Crippen LogP contribution in [0.1, 0.15) is 59.3 Å². The molecule has 0 spiro atoms. The lowest BCUT2D eigenvalue weighted by Gasteiger charge is -2.15. The third kappa shape index (κ3) is 6.65. The van der Waals surface area contributed by atoms with E-state index in [1.807, 2.05) is 6.92 Å². The standard InChI is InChI=1S/C14H26O2/c1-5-8-9-10-13(6-2)11-12(4)14(15)16-7-3/h13H,4-11H2,1-3H3. The molecular weight excluding hydrogens is 200 g/mol. The number of carbonyl (C=O) groups excluding carboxylic acids is 1. The largest absolute Gasteiger partial charge is 0.463 e. The van der Waals surface area contributed by atoms with Gasteiger partial charge in [0.15, 0.2) is 0 Å². The van der Waals surface area contributed by atoms with E-state index in [4.69, 9.17) is 4.74 Å². The highest BCUT2D eigenvalue weighted by Gasteiger charge is 2.13. The molecule has 0 bridgehead atoms. The van der Waals surface area contributed by atoms with E-state index in [0.29, 0.717) is 18.1 Å². The molecule has 0 aromatic rings. The predicted molar refractivity (Wildman–Crippen MR) is 68.3 cm³/mol. The lowest BCUT2D eigenvalue weighted by atomic mass is 9.92. The van der Waals surface area contributed by atoms with Crippen LogP contribution >= 0.6 is 0 Å². The molecule has 0 amide bonds. The molecule has 0 fully saturated rings. The molecule has 0 radical (unpaired) electrons. The van der Waals surface area contributed by atoms with Crippen molar-refractivity contribution in [1.29, 1.82) is 0 Å². The van der Waals surface area contributed by atoms with Crippen molar-refractivity contribution in [2.24, 2.45) is 5.92 Å². The van der Waals surface area contributed by atoms with Crippen LogP contribution < -0.4 is 0 Å². The van der Waals surface area contributed by atoms with Crippen LogP contribution in [0, 0.1) is 5.92 Å². The number of hydrogen-bond acceptors (Lipinski definition) is 2. The summed E-state index contributed by atoms with van der Waals surface area (Å²) in [5.74, 6) is 0.361. The van der Waals surface area contributed by atoms with E-state index in [9.17, 15) is 4.79 Å². The smallest absolute Gasteiger partial charge is 0.333 e. The van der Waals surface area contributed by atoms with Gasteiger partial charge in [-0.3, -0.25) is 0 Å². The molecule has 2 heteroatoms. The number of hydrogen-bond donors (Lipinski definition) is 0. The van der Waals surface area contributed by atoms with Crippen molar-refractivity contribution in [3.05, 3.63) is 12.2 Å². The van der Waals surface area contributed by atoms with Gasteiger partial charge in [0.05, 0.1) is 6.61 Å². The van der Waals surface area contributed by atoms with Crippen molar-refractivity contribution < 1.29 is 9.53 Å². The molecule has 1 unspecified atom stereocenters. The third-order valence-corrected chi connectivity index (χ3v) is 2.89. The average Bonchev–Trinajstić information content (AvgIpc) is 2.28. The second-order valence-electron chi connectivity index (χ2n) is 4.30. The minimum atomic E-state index is -0.226. The molecule has 0 aromatic heterocycles. The number of carbonyl (C=O) groups is 1. The van der Waals surface area contributed by atoms with Gasteiger partial charge in [-0.05, 0) is 19.3 Å². The van der Waals surface area contributed by atoms with Crippen LogP contribution in [0.2, 0.25) is 0 Å². The lowest BCUT2D eigenvalue weighted by molar-refractivity contribution is -0.138. The quantitative estimate of drug-likeness (QED) is 0.336. The van der Waals surface area contributed by atoms with Gasteiger partial charge in [-0.15, -0.1) is 0 Å². The van der Waals surface area contributed by atoms with Crippen LogP contribution in [0.3, 0.4) is 0 Å². The Morgan fingerprint density at radius 3 is 2.44 bits per heavy atom. The fourth-order valence-corrected chi connectivity index (χ4v) is 1.80. The average molecular weight is 226 g/mol. The zero-order valence-electron chi connectivity index (χ0n) is 11.1. The monoisotopic (exact) mass is 226 g/mol. The van der Waals surface area contributed by atoms with E-state index in [2.05, 4.69) is 20.4 Å². The summed E-state index contributed by atoms with van der Waals surface area (Å²) in [6.45, 7) is 10.5. The van der Waals surface area contributed by atoms with Gasteiger partial charge < -0.3 is 4.74 Å². The van der Waals surface area contributed by atoms with Crippen LogP contribution in [0.15, 0.2) is 12.2 Å². The highest BCUT2D eigenvalue weighted by molar-refractivity contribution is 5.87. The van der Waals surface area contributed by atoms with Crippen molar-refractivity contribution in [2.45, 2.75) is 59.3 Å². The first-order valence-corrected chi connectivity index (χ1v) is 6.50. The van der Waals surface area contributed by atoms with E-state index in [-0.39, 0.29) is 5.97 Å². The highest BCUT2D eigenvalue weighted by Crippen LogP contribution is 2.21. The maximum absolute atomic E-state index is 11.4. The van der Waals surface area contributed by atoms with Gasteiger partial charge in [0, 0.05) is 5.57 Å². The van der Waals surface area contributed by atoms with E-state index in [1.165, 1.54) is 25.7 Å². The zero-order valence-corrected chi connectivity index (χ0v) is 11.1. The van der Waals surface area contributed by atoms with Crippen LogP contribution in [0.4, 0.5) is 0 Å². The Balaban J connectivity index is 3.91. The first kappa shape index (κ1) is 15.2. The number of esters is 1. The molecule has 94 valence electrons. The molecule has 0 N–H and O–H groups in total. The molecule has 0 saturated carbocycles. The van der Waals surface area contributed by atoms with Crippen molar-refractivity contribution >= 4 is 5.97 Å². The summed E-state index contributed by atoms with van der Waals surface area (Å²) in [5, 5.41) is 0. The molecule has 0 saturated heterocycles. The molecule has 0 heterocycles. The lowest BCUT2D eigenvalue weighted by Crippen LogP contribution is -2.10. The molecule has 0 aliphatic rings. The van der Waals surface area contributed by atoms with E-state index < -0.39 is 0 Å². The summed E-state index contributed by atoms with van der Waals surface area (Å²) < 4.78 is 4.94. The first-order valence-electron chi connectivity index (χ1n) is 6.50. The SMILES string of the molecule is C=C(CC(CC)CCCCC)C(=O)OCC. The maximum atomic E-state index is 11.4. The number of ether oxygens (including phenoxy) is 1. The summed E-state index contributed by atoms with van der Waals surface area (Å²) >= 11 is 0. The van der Waals surface area contributed by atoms with Gasteiger partial charge in [0.2, 0.25) is 0 Å². The molecule has 0 aromatic carbocycles. The summed E-state index contributed by atoms with van der Waals surface area (Å²) in [7, 11) is 0. The van der Waals surface area contributed by atoms with Gasteiger partial charge in [-0.1, -0.05) is 52.5 Å². The summed E-state index contributed by atoms with van der Waals surface area (Å²) in [6.07, 6.45) is 6.88. The molecule has 0 rings (SSSR count). The fraction of sp³-hybridized carbons (Fsp3) is 0.786. The van der Waals surface area contributed by atoms with Crippen LogP contribution in [0.5, 0.6) is 0 Å². The highest BCUT2D eigenvalue weighted by atomic mass is 16.5. The summed E-state index contributed by atoms with van der Waals surface area (Å²) in [5.41, 5.74) is 0.630. The minimum Gasteiger partial charge on any atom is -0.463 e. The van der Waals surface area contributed by atoms with Gasteiger partial charge in [0.1, 0.15) is 0 Å². The van der Waals surface area contributed by atoms with Crippen molar-refractivity contribution in [3.63, 3.8) is 0 Å². The molecule has 0 aliphatic heterocycles. The van der Waals surface area contributed by atoms with Crippen LogP contribution in [-0.2, 0) is 9.53 Å². The summed E-state index contributed by atoms with van der Waals surface area (Å²) in [6, 6.07) is 0. The molecule has 2 nitrogen and oxygen atoms in total. The van der Waals surface area contributed by atoms with Crippen LogP contribution in [-0.4, -0.2) is 12.6 Å². The molecular formula is C14H26O2. The van der Waals surface area contributed by atoms with Gasteiger partial charge in [-0.2, -0.15) is 0 Å². The van der Waals surface area contributed by atoms with Crippen molar-refractivity contribution in [3.8, 4) is 0 Å². The van der Waals surface area contributed by atoms with Gasteiger partial charge in [-0.25, -0.2) is 4.79 Å². The van der Waals surface area contributed by atoms with Crippen LogP contribution in [0.25, 0.3) is 0 Å². The summed E-state index contributed by atoms with van der Waals surface area (Å²) in [4.78, 5) is 11.4. The molecule has 16 heavy (non-hydrogen) atoms. The zero-order chi connectivity index (χ0) is 12.4. The first-order chi connectivity index (χ1) is 7.65. The minimum absolute atomic E-state index is 0.226. The van der Waals surface area contributed by atoms with E-state index >= 15 is 0 Å². The second-order valence-corrected chi connectivity index (χ2v) is 4.30. The van der Waals surface area contributed by atoms with Crippen molar-refractivity contribution in [2.75, 3.05) is 6.61 Å². The maximum Gasteiger partial charge on any atom is 0.333 e. The Kier molecular flexibility index (Phi) is 8.97. The second kappa shape index (κ2) is 9.44. The normalized spacial score (nSPS) is 12.2. The molecule has 0 aliphatic carbocycles. The number of rotatable bonds is 9. The number of unbranched alkanes of at least 4 members (excludes halogenated alkanes) is 2. The van der Waals surface area contributed by atoms with Gasteiger partial charge >= 0.3 is 5.97 Å². The Hall–Kier alpha value is -0.790. The third-order valence-electron chi connectivity index (χ3n) is 2.89. The molecule has 1 atom stereocenters. The van der Waals surface area contributed by atoms with Crippen molar-refractivity contribution in [1.82, 2.24) is 0 Å². The Morgan fingerprint density at radius 1 is 1.25 bits per heavy atom. The Labute approximate surface area is 100 Å². The van der Waals surface area contributed by atoms with E-state index in [1.54, 1.807) is 0 Å². The Morgan fingerprint density at radius 2 is 1.94 bits per heavy atom.